The minimum Gasteiger partial charge on any atom is -0.342 e. The molecule has 1 saturated carbocycles. The summed E-state index contributed by atoms with van der Waals surface area (Å²) in [4.78, 5) is 9.52. The van der Waals surface area contributed by atoms with E-state index < -0.39 is 0 Å². The molecule has 0 aromatic rings. The molecular formula is C15H33N5. The van der Waals surface area contributed by atoms with E-state index in [2.05, 4.69) is 36.0 Å². The molecule has 1 aliphatic carbocycles. The van der Waals surface area contributed by atoms with Crippen molar-refractivity contribution < 1.29 is 0 Å². The summed E-state index contributed by atoms with van der Waals surface area (Å²) < 4.78 is 0. The van der Waals surface area contributed by atoms with Gasteiger partial charge in [0.25, 0.3) is 0 Å². The number of aliphatic imine (C=N–C) groups is 1. The summed E-state index contributed by atoms with van der Waals surface area (Å²) in [5.41, 5.74) is 2.81. The van der Waals surface area contributed by atoms with Crippen molar-refractivity contribution in [3.8, 4) is 0 Å². The predicted molar refractivity (Wildman–Crippen MR) is 86.7 cm³/mol. The highest BCUT2D eigenvalue weighted by molar-refractivity contribution is 5.79. The zero-order valence-electron chi connectivity index (χ0n) is 13.6. The molecule has 0 aromatic carbocycles. The molecule has 1 aliphatic rings. The summed E-state index contributed by atoms with van der Waals surface area (Å²) in [6.45, 7) is 12.0. The monoisotopic (exact) mass is 283 g/mol. The zero-order chi connectivity index (χ0) is 14.8. The standard InChI is InChI=1S/C15H33N5/c1-4-19(5-2)12-9-13-20(6-3)15(18-16)17-14-10-7-8-11-14/h14H,4-13,16H2,1-3H3,(H,17,18). The first-order chi connectivity index (χ1) is 9.74. The van der Waals surface area contributed by atoms with Gasteiger partial charge >= 0.3 is 0 Å². The van der Waals surface area contributed by atoms with Gasteiger partial charge in [-0.05, 0) is 45.8 Å². The summed E-state index contributed by atoms with van der Waals surface area (Å²) in [5, 5.41) is 0. The number of nitrogens with one attached hydrogen (secondary N) is 1. The molecule has 0 bridgehead atoms. The Morgan fingerprint density at radius 2 is 1.75 bits per heavy atom. The summed E-state index contributed by atoms with van der Waals surface area (Å²) >= 11 is 0. The third-order valence-electron chi connectivity index (χ3n) is 4.24. The van der Waals surface area contributed by atoms with Gasteiger partial charge in [-0.1, -0.05) is 26.7 Å². The van der Waals surface area contributed by atoms with Gasteiger partial charge in [0.2, 0.25) is 5.96 Å². The van der Waals surface area contributed by atoms with Crippen LogP contribution >= 0.6 is 0 Å². The Morgan fingerprint density at radius 3 is 2.25 bits per heavy atom. The van der Waals surface area contributed by atoms with E-state index in [4.69, 9.17) is 10.8 Å². The Labute approximate surface area is 124 Å². The van der Waals surface area contributed by atoms with E-state index in [1.54, 1.807) is 0 Å². The second kappa shape index (κ2) is 10.00. The molecule has 5 nitrogen and oxygen atoms in total. The van der Waals surface area contributed by atoms with E-state index in [9.17, 15) is 0 Å². The first-order valence-electron chi connectivity index (χ1n) is 8.26. The largest absolute Gasteiger partial charge is 0.342 e. The molecule has 0 amide bonds. The van der Waals surface area contributed by atoms with Crippen molar-refractivity contribution in [3.05, 3.63) is 0 Å². The van der Waals surface area contributed by atoms with Crippen LogP contribution in [0.15, 0.2) is 4.99 Å². The maximum Gasteiger partial charge on any atom is 0.208 e. The number of hydrogen-bond acceptors (Lipinski definition) is 3. The van der Waals surface area contributed by atoms with Crippen molar-refractivity contribution in [3.63, 3.8) is 0 Å². The molecule has 5 heteroatoms. The van der Waals surface area contributed by atoms with E-state index >= 15 is 0 Å². The second-order valence-corrected chi connectivity index (χ2v) is 5.50. The molecule has 0 radical (unpaired) electrons. The van der Waals surface area contributed by atoms with Crippen LogP contribution in [0.5, 0.6) is 0 Å². The minimum atomic E-state index is 0.470. The molecule has 118 valence electrons. The molecule has 0 unspecified atom stereocenters. The molecule has 20 heavy (non-hydrogen) atoms. The van der Waals surface area contributed by atoms with Gasteiger partial charge in [0, 0.05) is 13.1 Å². The lowest BCUT2D eigenvalue weighted by Gasteiger charge is -2.26. The lowest BCUT2D eigenvalue weighted by molar-refractivity contribution is 0.282. The lowest BCUT2D eigenvalue weighted by Crippen LogP contribution is -2.46. The van der Waals surface area contributed by atoms with E-state index in [-0.39, 0.29) is 0 Å². The molecule has 0 heterocycles. The van der Waals surface area contributed by atoms with Crippen LogP contribution in [0.4, 0.5) is 0 Å². The molecule has 0 saturated heterocycles. The van der Waals surface area contributed by atoms with Crippen LogP contribution in [0.1, 0.15) is 52.9 Å². The maximum absolute atomic E-state index is 5.68. The molecule has 0 aromatic heterocycles. The molecule has 1 fully saturated rings. The fraction of sp³-hybridized carbons (Fsp3) is 0.933. The fourth-order valence-corrected chi connectivity index (χ4v) is 2.86. The Hall–Kier alpha value is -0.810. The molecule has 3 N–H and O–H groups in total. The topological polar surface area (TPSA) is 56.9 Å². The fourth-order valence-electron chi connectivity index (χ4n) is 2.86. The highest BCUT2D eigenvalue weighted by Crippen LogP contribution is 2.21. The molecule has 1 rings (SSSR count). The lowest BCUT2D eigenvalue weighted by atomic mass is 10.3. The quantitative estimate of drug-likeness (QED) is 0.309. The van der Waals surface area contributed by atoms with Gasteiger partial charge in [0.15, 0.2) is 0 Å². The Bertz CT molecular complexity index is 269. The zero-order valence-corrected chi connectivity index (χ0v) is 13.6. The predicted octanol–water partition coefficient (Wildman–Crippen LogP) is 1.80. The van der Waals surface area contributed by atoms with Gasteiger partial charge in [-0.25, -0.2) is 10.8 Å². The van der Waals surface area contributed by atoms with Gasteiger partial charge in [-0.2, -0.15) is 0 Å². The Morgan fingerprint density at radius 1 is 1.10 bits per heavy atom. The normalized spacial score (nSPS) is 16.9. The summed E-state index contributed by atoms with van der Waals surface area (Å²) in [6.07, 6.45) is 6.19. The highest BCUT2D eigenvalue weighted by atomic mass is 15.4. The third-order valence-corrected chi connectivity index (χ3v) is 4.24. The van der Waals surface area contributed by atoms with Crippen LogP contribution < -0.4 is 11.3 Å². The molecule has 0 atom stereocenters. The van der Waals surface area contributed by atoms with Crippen molar-refractivity contribution in [1.29, 1.82) is 0 Å². The van der Waals surface area contributed by atoms with Crippen molar-refractivity contribution >= 4 is 5.96 Å². The molecule has 0 spiro atoms. The van der Waals surface area contributed by atoms with Crippen molar-refractivity contribution in [2.24, 2.45) is 10.8 Å². The second-order valence-electron chi connectivity index (χ2n) is 5.50. The number of guanidine groups is 1. The summed E-state index contributed by atoms with van der Waals surface area (Å²) in [5.74, 6) is 6.55. The Kier molecular flexibility index (Phi) is 8.62. The van der Waals surface area contributed by atoms with E-state index in [1.807, 2.05) is 0 Å². The number of rotatable bonds is 8. The number of nitrogens with two attached hydrogens (primary N) is 1. The van der Waals surface area contributed by atoms with Gasteiger partial charge in [0.05, 0.1) is 6.04 Å². The van der Waals surface area contributed by atoms with Crippen LogP contribution in [-0.2, 0) is 0 Å². The van der Waals surface area contributed by atoms with Crippen LogP contribution in [-0.4, -0.2) is 54.5 Å². The van der Waals surface area contributed by atoms with Crippen LogP contribution in [0.2, 0.25) is 0 Å². The van der Waals surface area contributed by atoms with Crippen molar-refractivity contribution in [2.75, 3.05) is 32.7 Å². The SMILES string of the molecule is CCN(CC)CCCN(CC)C(=NC1CCCC1)NN. The van der Waals surface area contributed by atoms with Crippen molar-refractivity contribution in [1.82, 2.24) is 15.2 Å². The van der Waals surface area contributed by atoms with E-state index in [0.717, 1.165) is 45.1 Å². The number of nitrogens with zero attached hydrogens (tertiary/aromatic N) is 3. The maximum atomic E-state index is 5.68. The van der Waals surface area contributed by atoms with Crippen molar-refractivity contribution in [2.45, 2.75) is 58.9 Å². The summed E-state index contributed by atoms with van der Waals surface area (Å²) in [6, 6.07) is 0.470. The number of hydrogen-bond donors (Lipinski definition) is 2. The van der Waals surface area contributed by atoms with Gasteiger partial charge in [-0.15, -0.1) is 0 Å². The Balaban J connectivity index is 2.45. The first-order valence-corrected chi connectivity index (χ1v) is 8.26. The first kappa shape index (κ1) is 17.2. The van der Waals surface area contributed by atoms with E-state index in [0.29, 0.717) is 6.04 Å². The van der Waals surface area contributed by atoms with Gasteiger partial charge < -0.3 is 9.80 Å². The molecule has 0 aliphatic heterocycles. The smallest absolute Gasteiger partial charge is 0.208 e. The average molecular weight is 283 g/mol. The number of hydrazine groups is 1. The van der Waals surface area contributed by atoms with Crippen LogP contribution in [0.3, 0.4) is 0 Å². The van der Waals surface area contributed by atoms with Gasteiger partial charge in [-0.3, -0.25) is 5.43 Å². The van der Waals surface area contributed by atoms with E-state index in [1.165, 1.54) is 25.7 Å². The van der Waals surface area contributed by atoms with Crippen LogP contribution in [0.25, 0.3) is 0 Å². The van der Waals surface area contributed by atoms with Crippen LogP contribution in [0, 0.1) is 0 Å². The summed E-state index contributed by atoms with van der Waals surface area (Å²) in [7, 11) is 0. The minimum absolute atomic E-state index is 0.470. The third kappa shape index (κ3) is 5.67. The highest BCUT2D eigenvalue weighted by Gasteiger charge is 2.16. The van der Waals surface area contributed by atoms with Gasteiger partial charge in [0.1, 0.15) is 0 Å². The average Bonchev–Trinajstić information content (AvgIpc) is 2.99. The molecular weight excluding hydrogens is 250 g/mol.